The standard InChI is InChI=1S/C16H15NO3S/c1-21-13-9-12-11(16(19)20)7-8-17(12)14(13)15(18)10-5-3-2-4-6-10/h2-6,9,14H,7-8H2,1H3,(H,19,20). The molecule has 1 atom stereocenters. The molecule has 21 heavy (non-hydrogen) atoms. The van der Waals surface area contributed by atoms with Crippen LogP contribution in [-0.4, -0.2) is 40.6 Å². The molecule has 0 bridgehead atoms. The van der Waals surface area contributed by atoms with E-state index in [9.17, 15) is 14.7 Å². The molecule has 5 heteroatoms. The van der Waals surface area contributed by atoms with Gasteiger partial charge in [0.1, 0.15) is 6.04 Å². The van der Waals surface area contributed by atoms with Gasteiger partial charge >= 0.3 is 5.97 Å². The number of nitrogens with zero attached hydrogens (tertiary/aromatic N) is 1. The van der Waals surface area contributed by atoms with Crippen LogP contribution in [0.1, 0.15) is 16.8 Å². The zero-order valence-electron chi connectivity index (χ0n) is 11.6. The predicted molar refractivity (Wildman–Crippen MR) is 82.1 cm³/mol. The van der Waals surface area contributed by atoms with Gasteiger partial charge < -0.3 is 10.0 Å². The molecule has 0 radical (unpaired) electrons. The van der Waals surface area contributed by atoms with Gasteiger partial charge in [-0.15, -0.1) is 11.8 Å². The van der Waals surface area contributed by atoms with Crippen LogP contribution in [0.5, 0.6) is 0 Å². The van der Waals surface area contributed by atoms with Crippen LogP contribution in [0, 0.1) is 0 Å². The Labute approximate surface area is 127 Å². The summed E-state index contributed by atoms with van der Waals surface area (Å²) in [6.45, 7) is 0.584. The third kappa shape index (κ3) is 2.27. The van der Waals surface area contributed by atoms with E-state index in [1.807, 2.05) is 35.4 Å². The number of carboxylic acid groups (broad SMARTS) is 1. The van der Waals surface area contributed by atoms with Gasteiger partial charge in [0.2, 0.25) is 0 Å². The lowest BCUT2D eigenvalue weighted by Crippen LogP contribution is -2.36. The van der Waals surface area contributed by atoms with Gasteiger partial charge in [-0.25, -0.2) is 4.79 Å². The van der Waals surface area contributed by atoms with Crippen LogP contribution in [0.25, 0.3) is 0 Å². The SMILES string of the molecule is CSC1=CC2=C(C(=O)O)CCN2C1C(=O)c1ccccc1. The molecule has 1 N–H and O–H groups in total. The first-order chi connectivity index (χ1) is 10.1. The molecular formula is C16H15NO3S. The number of thioether (sulfide) groups is 1. The van der Waals surface area contributed by atoms with E-state index in [2.05, 4.69) is 0 Å². The van der Waals surface area contributed by atoms with Crippen LogP contribution in [-0.2, 0) is 4.79 Å². The fourth-order valence-corrected chi connectivity index (χ4v) is 3.56. The molecule has 0 spiro atoms. The van der Waals surface area contributed by atoms with Crippen molar-refractivity contribution in [1.82, 2.24) is 4.90 Å². The van der Waals surface area contributed by atoms with Crippen molar-refractivity contribution in [1.29, 1.82) is 0 Å². The molecule has 0 saturated carbocycles. The first-order valence-corrected chi connectivity index (χ1v) is 7.94. The Morgan fingerprint density at radius 2 is 2.00 bits per heavy atom. The predicted octanol–water partition coefficient (Wildman–Crippen LogP) is 2.54. The number of fused-ring (bicyclic) bond motifs is 1. The third-order valence-corrected chi connectivity index (χ3v) is 4.69. The molecule has 1 aromatic rings. The molecule has 2 aliphatic heterocycles. The number of carboxylic acids is 1. The maximum atomic E-state index is 12.8. The van der Waals surface area contributed by atoms with E-state index in [1.165, 1.54) is 11.8 Å². The van der Waals surface area contributed by atoms with Crippen molar-refractivity contribution in [2.45, 2.75) is 12.5 Å². The highest BCUT2D eigenvalue weighted by Crippen LogP contribution is 2.40. The quantitative estimate of drug-likeness (QED) is 0.866. The fraction of sp³-hybridized carbons (Fsp3) is 0.250. The fourth-order valence-electron chi connectivity index (χ4n) is 2.88. The summed E-state index contributed by atoms with van der Waals surface area (Å²) in [4.78, 5) is 26.9. The number of rotatable bonds is 4. The maximum Gasteiger partial charge on any atom is 0.333 e. The Kier molecular flexibility index (Phi) is 3.59. The summed E-state index contributed by atoms with van der Waals surface area (Å²) in [5.74, 6) is -0.866. The van der Waals surface area contributed by atoms with Gasteiger partial charge in [-0.3, -0.25) is 4.79 Å². The normalized spacial score (nSPS) is 20.5. The van der Waals surface area contributed by atoms with Gasteiger partial charge in [0, 0.05) is 22.7 Å². The molecule has 2 heterocycles. The minimum absolute atomic E-state index is 0.0258. The maximum absolute atomic E-state index is 12.8. The number of Topliss-reactive ketones (excluding diaryl/α,β-unsaturated/α-hetero) is 1. The van der Waals surface area contributed by atoms with Crippen molar-refractivity contribution in [2.24, 2.45) is 0 Å². The summed E-state index contributed by atoms with van der Waals surface area (Å²) >= 11 is 1.51. The number of aliphatic carboxylic acids is 1. The highest BCUT2D eigenvalue weighted by atomic mass is 32.2. The van der Waals surface area contributed by atoms with Crippen molar-refractivity contribution in [3.63, 3.8) is 0 Å². The van der Waals surface area contributed by atoms with E-state index in [0.29, 0.717) is 29.8 Å². The molecule has 3 rings (SSSR count). The lowest BCUT2D eigenvalue weighted by Gasteiger charge is -2.25. The van der Waals surface area contributed by atoms with Crippen LogP contribution in [0.4, 0.5) is 0 Å². The van der Waals surface area contributed by atoms with Crippen molar-refractivity contribution < 1.29 is 14.7 Å². The molecule has 0 fully saturated rings. The second kappa shape index (κ2) is 5.41. The van der Waals surface area contributed by atoms with Gasteiger partial charge in [-0.2, -0.15) is 0 Å². The lowest BCUT2D eigenvalue weighted by molar-refractivity contribution is -0.132. The molecule has 2 aliphatic rings. The van der Waals surface area contributed by atoms with E-state index in [0.717, 1.165) is 4.91 Å². The second-order valence-electron chi connectivity index (χ2n) is 5.00. The molecular weight excluding hydrogens is 286 g/mol. The summed E-state index contributed by atoms with van der Waals surface area (Å²) in [6.07, 6.45) is 4.26. The average Bonchev–Trinajstić information content (AvgIpc) is 3.05. The number of carbonyl (C=O) groups is 2. The second-order valence-corrected chi connectivity index (χ2v) is 5.88. The van der Waals surface area contributed by atoms with Crippen molar-refractivity contribution in [2.75, 3.05) is 12.8 Å². The number of hydrogen-bond donors (Lipinski definition) is 1. The third-order valence-electron chi connectivity index (χ3n) is 3.88. The van der Waals surface area contributed by atoms with E-state index < -0.39 is 5.97 Å². The minimum Gasteiger partial charge on any atom is -0.478 e. The van der Waals surface area contributed by atoms with Crippen molar-refractivity contribution in [3.8, 4) is 0 Å². The summed E-state index contributed by atoms with van der Waals surface area (Å²) in [5.41, 5.74) is 1.76. The van der Waals surface area contributed by atoms with E-state index in [4.69, 9.17) is 0 Å². The van der Waals surface area contributed by atoms with Crippen molar-refractivity contribution >= 4 is 23.5 Å². The molecule has 4 nitrogen and oxygen atoms in total. The number of allylic oxidation sites excluding steroid dienone is 1. The monoisotopic (exact) mass is 301 g/mol. The Balaban J connectivity index is 1.99. The van der Waals surface area contributed by atoms with Gasteiger partial charge in [0.05, 0.1) is 5.57 Å². The summed E-state index contributed by atoms with van der Waals surface area (Å²) in [7, 11) is 0. The number of ketones is 1. The smallest absolute Gasteiger partial charge is 0.333 e. The Bertz CT molecular complexity index is 663. The Hall–Kier alpha value is -2.01. The van der Waals surface area contributed by atoms with Gasteiger partial charge in [0.25, 0.3) is 0 Å². The van der Waals surface area contributed by atoms with Crippen LogP contribution in [0.15, 0.2) is 52.6 Å². The molecule has 108 valence electrons. The van der Waals surface area contributed by atoms with E-state index >= 15 is 0 Å². The Morgan fingerprint density at radius 1 is 1.29 bits per heavy atom. The molecule has 0 amide bonds. The topological polar surface area (TPSA) is 57.6 Å². The molecule has 1 aromatic carbocycles. The van der Waals surface area contributed by atoms with Crippen LogP contribution >= 0.6 is 11.8 Å². The highest BCUT2D eigenvalue weighted by Gasteiger charge is 2.41. The number of carbonyl (C=O) groups excluding carboxylic acids is 1. The number of hydrogen-bond acceptors (Lipinski definition) is 4. The molecule has 0 aromatic heterocycles. The van der Waals surface area contributed by atoms with Gasteiger partial charge in [-0.1, -0.05) is 30.3 Å². The number of benzene rings is 1. The van der Waals surface area contributed by atoms with E-state index in [-0.39, 0.29) is 11.8 Å². The largest absolute Gasteiger partial charge is 0.478 e. The molecule has 1 unspecified atom stereocenters. The first kappa shape index (κ1) is 13.9. The zero-order chi connectivity index (χ0) is 15.0. The van der Waals surface area contributed by atoms with Crippen LogP contribution in [0.2, 0.25) is 0 Å². The first-order valence-electron chi connectivity index (χ1n) is 6.71. The summed E-state index contributed by atoms with van der Waals surface area (Å²) < 4.78 is 0. The highest BCUT2D eigenvalue weighted by molar-refractivity contribution is 8.02. The summed E-state index contributed by atoms with van der Waals surface area (Å²) in [6, 6.07) is 8.78. The summed E-state index contributed by atoms with van der Waals surface area (Å²) in [5, 5.41) is 9.26. The Morgan fingerprint density at radius 3 is 2.62 bits per heavy atom. The molecule has 0 saturated heterocycles. The van der Waals surface area contributed by atoms with E-state index in [1.54, 1.807) is 12.1 Å². The molecule has 0 aliphatic carbocycles. The minimum atomic E-state index is -0.892. The van der Waals surface area contributed by atoms with Crippen LogP contribution in [0.3, 0.4) is 0 Å². The average molecular weight is 301 g/mol. The lowest BCUT2D eigenvalue weighted by atomic mass is 10.0. The van der Waals surface area contributed by atoms with Crippen molar-refractivity contribution in [3.05, 3.63) is 58.1 Å². The van der Waals surface area contributed by atoms with Gasteiger partial charge in [-0.05, 0) is 18.8 Å². The zero-order valence-corrected chi connectivity index (χ0v) is 12.4. The van der Waals surface area contributed by atoms with Gasteiger partial charge in [0.15, 0.2) is 5.78 Å². The van der Waals surface area contributed by atoms with Crippen LogP contribution < -0.4 is 0 Å².